The van der Waals surface area contributed by atoms with E-state index in [1.807, 2.05) is 13.8 Å². The summed E-state index contributed by atoms with van der Waals surface area (Å²) in [4.78, 5) is 2.80. The number of aromatic amines is 1. The molecule has 0 amide bonds. The van der Waals surface area contributed by atoms with Crippen LogP contribution >= 0.6 is 0 Å². The zero-order chi connectivity index (χ0) is 8.43. The molecule has 0 aliphatic carbocycles. The third-order valence-electron chi connectivity index (χ3n) is 1.83. The molecule has 0 saturated heterocycles. The zero-order valence-corrected chi connectivity index (χ0v) is 6.83. The molecular weight excluding hydrogens is 140 g/mol. The maximum Gasteiger partial charge on any atom is 0.137 e. The Kier molecular flexibility index (Phi) is 2.19. The molecule has 0 aliphatic heterocycles. The Morgan fingerprint density at radius 2 is 2.09 bits per heavy atom. The van der Waals surface area contributed by atoms with Gasteiger partial charge in [-0.2, -0.15) is 0 Å². The summed E-state index contributed by atoms with van der Waals surface area (Å²) >= 11 is 0. The third kappa shape index (κ3) is 1.54. The fraction of sp³-hybridized carbons (Fsp3) is 0.500. The summed E-state index contributed by atoms with van der Waals surface area (Å²) in [6.07, 6.45) is 3.28. The summed E-state index contributed by atoms with van der Waals surface area (Å²) < 4.78 is 0. The van der Waals surface area contributed by atoms with Crippen LogP contribution in [0.15, 0.2) is 12.4 Å². The normalized spacial score (nSPS) is 13.8. The summed E-state index contributed by atoms with van der Waals surface area (Å²) in [5, 5.41) is 9.26. The number of nitrogens with one attached hydrogen (secondary N) is 1. The van der Waals surface area contributed by atoms with E-state index >= 15 is 0 Å². The molecule has 1 rings (SSSR count). The lowest BCUT2D eigenvalue weighted by atomic mass is 9.99. The van der Waals surface area contributed by atoms with E-state index in [1.165, 1.54) is 6.20 Å². The van der Waals surface area contributed by atoms with Crippen molar-refractivity contribution in [3.05, 3.63) is 18.0 Å². The van der Waals surface area contributed by atoms with Crippen LogP contribution in [0.25, 0.3) is 0 Å². The fourth-order valence-electron chi connectivity index (χ4n) is 0.994. The van der Waals surface area contributed by atoms with Crippen LogP contribution in [0.5, 0.6) is 5.75 Å². The average Bonchev–Trinajstić information content (AvgIpc) is 2.33. The quantitative estimate of drug-likeness (QED) is 0.602. The van der Waals surface area contributed by atoms with Crippen molar-refractivity contribution < 1.29 is 5.11 Å². The van der Waals surface area contributed by atoms with Gasteiger partial charge in [-0.25, -0.2) is 0 Å². The third-order valence-corrected chi connectivity index (χ3v) is 1.83. The van der Waals surface area contributed by atoms with Gasteiger partial charge in [0.25, 0.3) is 0 Å². The molecule has 3 heteroatoms. The first kappa shape index (κ1) is 8.14. The predicted molar refractivity (Wildman–Crippen MR) is 44.2 cm³/mol. The van der Waals surface area contributed by atoms with Gasteiger partial charge in [-0.3, -0.25) is 0 Å². The molecule has 3 nitrogen and oxygen atoms in total. The van der Waals surface area contributed by atoms with Gasteiger partial charge in [0.15, 0.2) is 0 Å². The van der Waals surface area contributed by atoms with E-state index in [4.69, 9.17) is 5.73 Å². The first-order valence-corrected chi connectivity index (χ1v) is 3.74. The minimum Gasteiger partial charge on any atom is -0.506 e. The van der Waals surface area contributed by atoms with Gasteiger partial charge in [-0.15, -0.1) is 0 Å². The average molecular weight is 154 g/mol. The molecule has 62 valence electrons. The number of aromatic nitrogens is 1. The van der Waals surface area contributed by atoms with E-state index in [0.29, 0.717) is 5.92 Å². The summed E-state index contributed by atoms with van der Waals surface area (Å²) in [5.74, 6) is 0.600. The Labute approximate surface area is 66.2 Å². The van der Waals surface area contributed by atoms with Crippen LogP contribution in [0.4, 0.5) is 0 Å². The van der Waals surface area contributed by atoms with Crippen LogP contribution in [0.1, 0.15) is 25.5 Å². The van der Waals surface area contributed by atoms with E-state index in [2.05, 4.69) is 4.98 Å². The molecule has 1 heterocycles. The molecule has 0 bridgehead atoms. The molecule has 0 radical (unpaired) electrons. The predicted octanol–water partition coefficient (Wildman–Crippen LogP) is 1.38. The fourth-order valence-corrected chi connectivity index (χ4v) is 0.994. The second-order valence-corrected chi connectivity index (χ2v) is 3.07. The summed E-state index contributed by atoms with van der Waals surface area (Å²) in [6, 6.07) is -0.0822. The molecule has 1 aromatic rings. The SMILES string of the molecule is CC(C)[C@H](N)c1c[nH]cc1O. The van der Waals surface area contributed by atoms with E-state index in [1.54, 1.807) is 6.20 Å². The van der Waals surface area contributed by atoms with Crippen molar-refractivity contribution in [3.8, 4) is 5.75 Å². The lowest BCUT2D eigenvalue weighted by Crippen LogP contribution is -2.15. The van der Waals surface area contributed by atoms with Crippen molar-refractivity contribution in [1.82, 2.24) is 4.98 Å². The molecule has 11 heavy (non-hydrogen) atoms. The number of rotatable bonds is 2. The molecule has 1 aromatic heterocycles. The Morgan fingerprint density at radius 3 is 2.45 bits per heavy atom. The van der Waals surface area contributed by atoms with Gasteiger partial charge >= 0.3 is 0 Å². The maximum atomic E-state index is 9.26. The van der Waals surface area contributed by atoms with Gasteiger partial charge in [0.1, 0.15) is 5.75 Å². The number of hydrogen-bond acceptors (Lipinski definition) is 2. The Balaban J connectivity index is 2.84. The van der Waals surface area contributed by atoms with E-state index in [0.717, 1.165) is 5.56 Å². The molecule has 0 spiro atoms. The highest BCUT2D eigenvalue weighted by molar-refractivity contribution is 5.31. The lowest BCUT2D eigenvalue weighted by molar-refractivity contribution is 0.443. The van der Waals surface area contributed by atoms with Crippen LogP contribution in [-0.2, 0) is 0 Å². The monoisotopic (exact) mass is 154 g/mol. The lowest BCUT2D eigenvalue weighted by Gasteiger charge is -2.13. The highest BCUT2D eigenvalue weighted by Crippen LogP contribution is 2.26. The van der Waals surface area contributed by atoms with Crippen LogP contribution in [0.2, 0.25) is 0 Å². The molecule has 4 N–H and O–H groups in total. The van der Waals surface area contributed by atoms with Crippen molar-refractivity contribution in [1.29, 1.82) is 0 Å². The molecule has 0 saturated carbocycles. The van der Waals surface area contributed by atoms with Crippen molar-refractivity contribution >= 4 is 0 Å². The topological polar surface area (TPSA) is 62.0 Å². The number of H-pyrrole nitrogens is 1. The minimum atomic E-state index is -0.0822. The Hall–Kier alpha value is -0.960. The Morgan fingerprint density at radius 1 is 1.45 bits per heavy atom. The van der Waals surface area contributed by atoms with Gasteiger partial charge in [0.05, 0.1) is 0 Å². The standard InChI is InChI=1S/C8H14N2O/c1-5(2)8(9)6-3-10-4-7(6)11/h3-5,8,10-11H,9H2,1-2H3/t8-/m0/s1. The maximum absolute atomic E-state index is 9.26. The smallest absolute Gasteiger partial charge is 0.137 e. The molecule has 0 unspecified atom stereocenters. The first-order valence-electron chi connectivity index (χ1n) is 3.74. The van der Waals surface area contributed by atoms with Gasteiger partial charge in [-0.1, -0.05) is 13.8 Å². The minimum absolute atomic E-state index is 0.0822. The van der Waals surface area contributed by atoms with Gasteiger partial charge in [-0.05, 0) is 5.92 Å². The summed E-state index contributed by atoms with van der Waals surface area (Å²) in [7, 11) is 0. The molecular formula is C8H14N2O. The van der Waals surface area contributed by atoms with Crippen LogP contribution < -0.4 is 5.73 Å². The highest BCUT2D eigenvalue weighted by atomic mass is 16.3. The molecule has 0 aromatic carbocycles. The van der Waals surface area contributed by atoms with Gasteiger partial charge < -0.3 is 15.8 Å². The zero-order valence-electron chi connectivity index (χ0n) is 6.83. The first-order chi connectivity index (χ1) is 5.13. The summed E-state index contributed by atoms with van der Waals surface area (Å²) in [5.41, 5.74) is 6.59. The van der Waals surface area contributed by atoms with E-state index < -0.39 is 0 Å². The number of hydrogen-bond donors (Lipinski definition) is 3. The van der Waals surface area contributed by atoms with E-state index in [-0.39, 0.29) is 11.8 Å². The van der Waals surface area contributed by atoms with E-state index in [9.17, 15) is 5.11 Å². The summed E-state index contributed by atoms with van der Waals surface area (Å²) in [6.45, 7) is 4.05. The Bertz CT molecular complexity index is 230. The van der Waals surface area contributed by atoms with Crippen molar-refractivity contribution in [3.63, 3.8) is 0 Å². The van der Waals surface area contributed by atoms with Crippen LogP contribution in [0.3, 0.4) is 0 Å². The number of aromatic hydroxyl groups is 1. The molecule has 0 fully saturated rings. The van der Waals surface area contributed by atoms with Crippen LogP contribution in [0, 0.1) is 5.92 Å². The van der Waals surface area contributed by atoms with Crippen molar-refractivity contribution in [2.45, 2.75) is 19.9 Å². The van der Waals surface area contributed by atoms with Gasteiger partial charge in [0.2, 0.25) is 0 Å². The molecule has 0 aliphatic rings. The van der Waals surface area contributed by atoms with Crippen molar-refractivity contribution in [2.75, 3.05) is 0 Å². The van der Waals surface area contributed by atoms with Crippen LogP contribution in [-0.4, -0.2) is 10.1 Å². The number of nitrogens with two attached hydrogens (primary N) is 1. The largest absolute Gasteiger partial charge is 0.506 e. The van der Waals surface area contributed by atoms with Crippen molar-refractivity contribution in [2.24, 2.45) is 11.7 Å². The molecule has 1 atom stereocenters. The highest BCUT2D eigenvalue weighted by Gasteiger charge is 2.14. The second kappa shape index (κ2) is 2.96. The second-order valence-electron chi connectivity index (χ2n) is 3.07. The van der Waals surface area contributed by atoms with Gasteiger partial charge in [0, 0.05) is 24.0 Å².